The van der Waals surface area contributed by atoms with Gasteiger partial charge in [0.2, 0.25) is 0 Å². The zero-order valence-electron chi connectivity index (χ0n) is 11.9. The first-order valence-electron chi connectivity index (χ1n) is 6.63. The maximum absolute atomic E-state index is 12.3. The largest absolute Gasteiger partial charge is 0.344 e. The zero-order valence-corrected chi connectivity index (χ0v) is 12.7. The SMILES string of the molecule is CCCc1ncncc1C(=O)N[C@@H](C)c1csc(C)n1. The summed E-state index contributed by atoms with van der Waals surface area (Å²) in [5, 5.41) is 5.91. The van der Waals surface area contributed by atoms with E-state index in [1.807, 2.05) is 19.2 Å². The van der Waals surface area contributed by atoms with Crippen LogP contribution in [0.2, 0.25) is 0 Å². The molecule has 0 spiro atoms. The predicted octanol–water partition coefficient (Wildman–Crippen LogP) is 2.69. The highest BCUT2D eigenvalue weighted by molar-refractivity contribution is 7.09. The summed E-state index contributed by atoms with van der Waals surface area (Å²) in [5.74, 6) is -0.146. The van der Waals surface area contributed by atoms with Crippen LogP contribution in [0.15, 0.2) is 17.9 Å². The first-order chi connectivity index (χ1) is 9.61. The molecule has 0 fully saturated rings. The number of hydrogen-bond donors (Lipinski definition) is 1. The van der Waals surface area contributed by atoms with E-state index in [0.717, 1.165) is 29.2 Å². The summed E-state index contributed by atoms with van der Waals surface area (Å²) in [6.45, 7) is 5.94. The second-order valence-corrected chi connectivity index (χ2v) is 5.68. The minimum absolute atomic E-state index is 0.123. The molecule has 106 valence electrons. The van der Waals surface area contributed by atoms with Crippen molar-refractivity contribution in [3.63, 3.8) is 0 Å². The molecular formula is C14H18N4OS. The summed E-state index contributed by atoms with van der Waals surface area (Å²) in [7, 11) is 0. The van der Waals surface area contributed by atoms with Crippen molar-refractivity contribution in [2.45, 2.75) is 39.7 Å². The highest BCUT2D eigenvalue weighted by Gasteiger charge is 2.16. The minimum atomic E-state index is -0.146. The molecule has 6 heteroatoms. The van der Waals surface area contributed by atoms with E-state index in [4.69, 9.17) is 0 Å². The van der Waals surface area contributed by atoms with E-state index >= 15 is 0 Å². The molecule has 0 saturated heterocycles. The number of aryl methyl sites for hydroxylation is 2. The van der Waals surface area contributed by atoms with Crippen LogP contribution in [0.3, 0.4) is 0 Å². The van der Waals surface area contributed by atoms with Gasteiger partial charge in [-0.15, -0.1) is 11.3 Å². The summed E-state index contributed by atoms with van der Waals surface area (Å²) in [5.41, 5.74) is 2.23. The monoisotopic (exact) mass is 290 g/mol. The minimum Gasteiger partial charge on any atom is -0.344 e. The lowest BCUT2D eigenvalue weighted by Crippen LogP contribution is -2.28. The van der Waals surface area contributed by atoms with Gasteiger partial charge in [0.25, 0.3) is 5.91 Å². The number of amides is 1. The van der Waals surface area contributed by atoms with Gasteiger partial charge in [-0.2, -0.15) is 0 Å². The van der Waals surface area contributed by atoms with Crippen molar-refractivity contribution in [2.24, 2.45) is 0 Å². The third-order valence-electron chi connectivity index (χ3n) is 2.95. The van der Waals surface area contributed by atoms with Crippen LogP contribution >= 0.6 is 11.3 Å². The van der Waals surface area contributed by atoms with Crippen LogP contribution in [0, 0.1) is 6.92 Å². The molecule has 1 N–H and O–H groups in total. The molecule has 0 radical (unpaired) electrons. The average Bonchev–Trinajstić information content (AvgIpc) is 2.86. The van der Waals surface area contributed by atoms with Gasteiger partial charge in [-0.25, -0.2) is 15.0 Å². The first-order valence-corrected chi connectivity index (χ1v) is 7.51. The molecule has 0 bridgehead atoms. The van der Waals surface area contributed by atoms with Gasteiger partial charge in [-0.1, -0.05) is 13.3 Å². The van der Waals surface area contributed by atoms with Crippen molar-refractivity contribution >= 4 is 17.2 Å². The number of rotatable bonds is 5. The summed E-state index contributed by atoms with van der Waals surface area (Å²) < 4.78 is 0. The van der Waals surface area contributed by atoms with Crippen molar-refractivity contribution in [1.29, 1.82) is 0 Å². The molecule has 2 rings (SSSR count). The van der Waals surface area contributed by atoms with Crippen LogP contribution in [-0.2, 0) is 6.42 Å². The van der Waals surface area contributed by atoms with Crippen molar-refractivity contribution in [1.82, 2.24) is 20.3 Å². The summed E-state index contributed by atoms with van der Waals surface area (Å²) >= 11 is 1.58. The van der Waals surface area contributed by atoms with E-state index in [1.54, 1.807) is 17.5 Å². The Kier molecular flexibility index (Phi) is 4.79. The van der Waals surface area contributed by atoms with Crippen molar-refractivity contribution in [3.05, 3.63) is 39.9 Å². The lowest BCUT2D eigenvalue weighted by molar-refractivity contribution is 0.0937. The van der Waals surface area contributed by atoms with Crippen molar-refractivity contribution < 1.29 is 4.79 Å². The van der Waals surface area contributed by atoms with E-state index < -0.39 is 0 Å². The molecule has 0 aliphatic carbocycles. The molecule has 1 atom stereocenters. The lowest BCUT2D eigenvalue weighted by atomic mass is 10.1. The molecule has 20 heavy (non-hydrogen) atoms. The van der Waals surface area contributed by atoms with Gasteiger partial charge in [-0.3, -0.25) is 4.79 Å². The molecule has 2 aromatic rings. The topological polar surface area (TPSA) is 67.8 Å². The predicted molar refractivity (Wildman–Crippen MR) is 78.8 cm³/mol. The Hall–Kier alpha value is -1.82. The maximum atomic E-state index is 12.3. The Morgan fingerprint density at radius 3 is 2.95 bits per heavy atom. The van der Waals surface area contributed by atoms with Crippen molar-refractivity contribution in [3.8, 4) is 0 Å². The van der Waals surface area contributed by atoms with E-state index in [0.29, 0.717) is 5.56 Å². The Labute approximate surface area is 122 Å². The average molecular weight is 290 g/mol. The third-order valence-corrected chi connectivity index (χ3v) is 3.75. The van der Waals surface area contributed by atoms with Crippen LogP contribution in [0.4, 0.5) is 0 Å². The molecule has 5 nitrogen and oxygen atoms in total. The normalized spacial score (nSPS) is 12.2. The number of nitrogens with zero attached hydrogens (tertiary/aromatic N) is 3. The van der Waals surface area contributed by atoms with E-state index in [2.05, 4.69) is 27.2 Å². The van der Waals surface area contributed by atoms with Crippen LogP contribution in [0.25, 0.3) is 0 Å². The summed E-state index contributed by atoms with van der Waals surface area (Å²) in [6.07, 6.45) is 4.77. The second-order valence-electron chi connectivity index (χ2n) is 4.62. The van der Waals surface area contributed by atoms with Gasteiger partial charge in [0, 0.05) is 11.6 Å². The Bertz CT molecular complexity index is 596. The molecule has 2 heterocycles. The van der Waals surface area contributed by atoms with E-state index in [1.165, 1.54) is 6.33 Å². The van der Waals surface area contributed by atoms with Crippen LogP contribution in [0.5, 0.6) is 0 Å². The summed E-state index contributed by atoms with van der Waals surface area (Å²) in [4.78, 5) is 24.8. The fourth-order valence-corrected chi connectivity index (χ4v) is 2.61. The van der Waals surface area contributed by atoms with E-state index in [9.17, 15) is 4.79 Å². The van der Waals surface area contributed by atoms with Gasteiger partial charge in [0.05, 0.1) is 28.0 Å². The van der Waals surface area contributed by atoms with Gasteiger partial charge in [0.1, 0.15) is 6.33 Å². The Balaban J connectivity index is 2.12. The second kappa shape index (κ2) is 6.56. The van der Waals surface area contributed by atoms with Gasteiger partial charge >= 0.3 is 0 Å². The smallest absolute Gasteiger partial charge is 0.255 e. The quantitative estimate of drug-likeness (QED) is 0.919. The lowest BCUT2D eigenvalue weighted by Gasteiger charge is -2.13. The molecule has 0 unspecified atom stereocenters. The van der Waals surface area contributed by atoms with Gasteiger partial charge < -0.3 is 5.32 Å². The van der Waals surface area contributed by atoms with Crippen LogP contribution in [-0.4, -0.2) is 20.9 Å². The fraction of sp³-hybridized carbons (Fsp3) is 0.429. The maximum Gasteiger partial charge on any atom is 0.255 e. The number of carbonyl (C=O) groups excluding carboxylic acids is 1. The molecule has 2 aromatic heterocycles. The standard InChI is InChI=1S/C14H18N4OS/c1-4-5-12-11(6-15-8-16-12)14(19)17-9(2)13-7-20-10(3)18-13/h6-9H,4-5H2,1-3H3,(H,17,19)/t9-/m0/s1. The highest BCUT2D eigenvalue weighted by atomic mass is 32.1. The van der Waals surface area contributed by atoms with Crippen LogP contribution < -0.4 is 5.32 Å². The first kappa shape index (κ1) is 14.6. The number of aromatic nitrogens is 3. The molecule has 1 amide bonds. The number of thiazole rings is 1. The Morgan fingerprint density at radius 2 is 2.30 bits per heavy atom. The van der Waals surface area contributed by atoms with E-state index in [-0.39, 0.29) is 11.9 Å². The molecule has 0 aliphatic rings. The highest BCUT2D eigenvalue weighted by Crippen LogP contribution is 2.16. The van der Waals surface area contributed by atoms with Crippen LogP contribution in [0.1, 0.15) is 53.1 Å². The number of carbonyl (C=O) groups is 1. The number of nitrogens with one attached hydrogen (secondary N) is 1. The Morgan fingerprint density at radius 1 is 1.50 bits per heavy atom. The molecule has 0 aliphatic heterocycles. The number of hydrogen-bond acceptors (Lipinski definition) is 5. The summed E-state index contributed by atoms with van der Waals surface area (Å²) in [6, 6.07) is -0.123. The third kappa shape index (κ3) is 3.39. The fourth-order valence-electron chi connectivity index (χ4n) is 1.91. The van der Waals surface area contributed by atoms with Gasteiger partial charge in [0.15, 0.2) is 0 Å². The molecule has 0 aromatic carbocycles. The van der Waals surface area contributed by atoms with Crippen molar-refractivity contribution in [2.75, 3.05) is 0 Å². The molecular weight excluding hydrogens is 272 g/mol. The zero-order chi connectivity index (χ0) is 14.5. The molecule has 0 saturated carbocycles. The van der Waals surface area contributed by atoms with Gasteiger partial charge in [-0.05, 0) is 20.3 Å².